The molecule has 130 valence electrons. The number of hydrogen-bond donors (Lipinski definition) is 1. The van der Waals surface area contributed by atoms with Crippen molar-refractivity contribution in [1.29, 1.82) is 0 Å². The minimum Gasteiger partial charge on any atom is -0.497 e. The van der Waals surface area contributed by atoms with E-state index in [-0.39, 0.29) is 11.8 Å². The molecule has 1 saturated heterocycles. The molecule has 5 nitrogen and oxygen atoms in total. The number of piperidine rings is 1. The van der Waals surface area contributed by atoms with E-state index in [1.54, 1.807) is 14.0 Å². The average Bonchev–Trinajstić information content (AvgIpc) is 2.61. The van der Waals surface area contributed by atoms with E-state index in [1.165, 1.54) is 12.5 Å². The van der Waals surface area contributed by atoms with Crippen molar-refractivity contribution in [3.05, 3.63) is 35.9 Å². The Morgan fingerprint density at radius 1 is 1.25 bits per heavy atom. The predicted octanol–water partition coefficient (Wildman–Crippen LogP) is 2.62. The van der Waals surface area contributed by atoms with Crippen LogP contribution >= 0.6 is 0 Å². The SMILES string of the molecule is COc1cccc(C(C)=CC(=O)N[C@@H](C)C(=O)N2CCCCC2)c1. The first kappa shape index (κ1) is 18.0. The summed E-state index contributed by atoms with van der Waals surface area (Å²) >= 11 is 0. The van der Waals surface area contributed by atoms with Gasteiger partial charge in [-0.3, -0.25) is 9.59 Å². The Labute approximate surface area is 143 Å². The molecule has 0 unspecified atom stereocenters. The molecule has 1 aromatic rings. The first-order valence-corrected chi connectivity index (χ1v) is 8.43. The van der Waals surface area contributed by atoms with Gasteiger partial charge in [-0.05, 0) is 56.4 Å². The molecule has 0 aliphatic carbocycles. The van der Waals surface area contributed by atoms with Gasteiger partial charge in [0.1, 0.15) is 11.8 Å². The number of methoxy groups -OCH3 is 1. The molecule has 0 bridgehead atoms. The maximum atomic E-state index is 12.3. The van der Waals surface area contributed by atoms with Gasteiger partial charge >= 0.3 is 0 Å². The van der Waals surface area contributed by atoms with Crippen molar-refractivity contribution < 1.29 is 14.3 Å². The van der Waals surface area contributed by atoms with Crippen molar-refractivity contribution in [3.63, 3.8) is 0 Å². The topological polar surface area (TPSA) is 58.6 Å². The van der Waals surface area contributed by atoms with Crippen LogP contribution in [-0.2, 0) is 9.59 Å². The highest BCUT2D eigenvalue weighted by Crippen LogP contribution is 2.19. The Bertz CT molecular complexity index is 619. The lowest BCUT2D eigenvalue weighted by molar-refractivity contribution is -0.135. The smallest absolute Gasteiger partial charge is 0.244 e. The molecule has 0 radical (unpaired) electrons. The molecule has 2 rings (SSSR count). The summed E-state index contributed by atoms with van der Waals surface area (Å²) < 4.78 is 5.20. The summed E-state index contributed by atoms with van der Waals surface area (Å²) in [6.07, 6.45) is 4.78. The van der Waals surface area contributed by atoms with Crippen LogP contribution in [0.5, 0.6) is 5.75 Å². The maximum Gasteiger partial charge on any atom is 0.244 e. The number of allylic oxidation sites excluding steroid dienone is 1. The third-order valence-electron chi connectivity index (χ3n) is 4.27. The number of nitrogens with zero attached hydrogens (tertiary/aromatic N) is 1. The van der Waals surface area contributed by atoms with Crippen LogP contribution in [0.3, 0.4) is 0 Å². The zero-order valence-corrected chi connectivity index (χ0v) is 14.7. The predicted molar refractivity (Wildman–Crippen MR) is 94.7 cm³/mol. The van der Waals surface area contributed by atoms with E-state index in [1.807, 2.05) is 36.1 Å². The molecule has 1 N–H and O–H groups in total. The highest BCUT2D eigenvalue weighted by Gasteiger charge is 2.22. The van der Waals surface area contributed by atoms with Crippen molar-refractivity contribution in [2.24, 2.45) is 0 Å². The number of carbonyl (C=O) groups is 2. The Morgan fingerprint density at radius 3 is 2.62 bits per heavy atom. The average molecular weight is 330 g/mol. The van der Waals surface area contributed by atoms with Gasteiger partial charge in [0.05, 0.1) is 7.11 Å². The quantitative estimate of drug-likeness (QED) is 0.844. The van der Waals surface area contributed by atoms with Crippen molar-refractivity contribution >= 4 is 17.4 Å². The summed E-state index contributed by atoms with van der Waals surface area (Å²) in [6, 6.07) is 7.03. The van der Waals surface area contributed by atoms with Crippen LogP contribution in [-0.4, -0.2) is 43.0 Å². The van der Waals surface area contributed by atoms with Crippen LogP contribution in [0.4, 0.5) is 0 Å². The fraction of sp³-hybridized carbons (Fsp3) is 0.474. The summed E-state index contributed by atoms with van der Waals surface area (Å²) in [5.74, 6) is 0.484. The molecular formula is C19H26N2O3. The standard InChI is InChI=1S/C19H26N2O3/c1-14(16-8-7-9-17(13-16)24-3)12-18(22)20-15(2)19(23)21-10-5-4-6-11-21/h7-9,12-13,15H,4-6,10-11H2,1-3H3,(H,20,22)/t15-/m0/s1. The van der Waals surface area contributed by atoms with Gasteiger partial charge in [0, 0.05) is 19.2 Å². The van der Waals surface area contributed by atoms with Crippen LogP contribution in [0.2, 0.25) is 0 Å². The second kappa shape index (κ2) is 8.52. The molecule has 0 spiro atoms. The number of benzene rings is 1. The van der Waals surface area contributed by atoms with Crippen LogP contribution < -0.4 is 10.1 Å². The lowest BCUT2D eigenvalue weighted by Gasteiger charge is -2.29. The number of likely N-dealkylation sites (tertiary alicyclic amines) is 1. The zero-order chi connectivity index (χ0) is 17.5. The van der Waals surface area contributed by atoms with E-state index < -0.39 is 6.04 Å². The van der Waals surface area contributed by atoms with E-state index >= 15 is 0 Å². The normalized spacial score (nSPS) is 16.5. The minimum atomic E-state index is -0.509. The molecule has 0 saturated carbocycles. The van der Waals surface area contributed by atoms with Gasteiger partial charge < -0.3 is 15.0 Å². The molecule has 5 heteroatoms. The molecular weight excluding hydrogens is 304 g/mol. The van der Waals surface area contributed by atoms with Crippen LogP contribution in [0, 0.1) is 0 Å². The first-order valence-electron chi connectivity index (χ1n) is 8.43. The van der Waals surface area contributed by atoms with Gasteiger partial charge in [-0.25, -0.2) is 0 Å². The van der Waals surface area contributed by atoms with E-state index in [2.05, 4.69) is 5.32 Å². The fourth-order valence-corrected chi connectivity index (χ4v) is 2.85. The van der Waals surface area contributed by atoms with E-state index in [0.717, 1.165) is 42.8 Å². The Kier molecular flexibility index (Phi) is 6.41. The number of carbonyl (C=O) groups excluding carboxylic acids is 2. The van der Waals surface area contributed by atoms with Crippen molar-refractivity contribution in [2.75, 3.05) is 20.2 Å². The van der Waals surface area contributed by atoms with Crippen molar-refractivity contribution in [1.82, 2.24) is 10.2 Å². The molecule has 1 aliphatic rings. The summed E-state index contributed by atoms with van der Waals surface area (Å²) in [4.78, 5) is 26.4. The third-order valence-corrected chi connectivity index (χ3v) is 4.27. The summed E-state index contributed by atoms with van der Waals surface area (Å²) in [5, 5.41) is 2.77. The first-order chi connectivity index (χ1) is 11.5. The summed E-state index contributed by atoms with van der Waals surface area (Å²) in [7, 11) is 1.61. The Hall–Kier alpha value is -2.30. The number of hydrogen-bond acceptors (Lipinski definition) is 3. The molecule has 1 aromatic carbocycles. The second-order valence-electron chi connectivity index (χ2n) is 6.18. The van der Waals surface area contributed by atoms with Crippen LogP contribution in [0.1, 0.15) is 38.7 Å². The van der Waals surface area contributed by atoms with Gasteiger partial charge in [-0.2, -0.15) is 0 Å². The number of rotatable bonds is 5. The number of amides is 2. The molecule has 1 atom stereocenters. The highest BCUT2D eigenvalue weighted by atomic mass is 16.5. The highest BCUT2D eigenvalue weighted by molar-refractivity contribution is 5.97. The number of ether oxygens (including phenoxy) is 1. The van der Waals surface area contributed by atoms with Gasteiger partial charge in [-0.15, -0.1) is 0 Å². The molecule has 1 fully saturated rings. The minimum absolute atomic E-state index is 0.00418. The van der Waals surface area contributed by atoms with E-state index in [4.69, 9.17) is 4.74 Å². The Balaban J connectivity index is 1.96. The number of nitrogens with one attached hydrogen (secondary N) is 1. The van der Waals surface area contributed by atoms with Gasteiger partial charge in [0.2, 0.25) is 11.8 Å². The zero-order valence-electron chi connectivity index (χ0n) is 14.7. The molecule has 2 amide bonds. The lowest BCUT2D eigenvalue weighted by Crippen LogP contribution is -2.48. The summed E-state index contributed by atoms with van der Waals surface area (Å²) in [5.41, 5.74) is 1.74. The Morgan fingerprint density at radius 2 is 1.96 bits per heavy atom. The fourth-order valence-electron chi connectivity index (χ4n) is 2.85. The van der Waals surface area contributed by atoms with Crippen LogP contribution in [0.15, 0.2) is 30.3 Å². The third kappa shape index (κ3) is 4.85. The van der Waals surface area contributed by atoms with Crippen molar-refractivity contribution in [3.8, 4) is 5.75 Å². The monoisotopic (exact) mass is 330 g/mol. The lowest BCUT2D eigenvalue weighted by atomic mass is 10.1. The van der Waals surface area contributed by atoms with E-state index in [0.29, 0.717) is 0 Å². The van der Waals surface area contributed by atoms with Gasteiger partial charge in [0.25, 0.3) is 0 Å². The van der Waals surface area contributed by atoms with Gasteiger partial charge in [0.15, 0.2) is 0 Å². The molecule has 24 heavy (non-hydrogen) atoms. The molecule has 1 aliphatic heterocycles. The second-order valence-corrected chi connectivity index (χ2v) is 6.18. The van der Waals surface area contributed by atoms with E-state index in [9.17, 15) is 9.59 Å². The molecule has 0 aromatic heterocycles. The molecule has 1 heterocycles. The van der Waals surface area contributed by atoms with Gasteiger partial charge in [-0.1, -0.05) is 12.1 Å². The van der Waals surface area contributed by atoms with Crippen LogP contribution in [0.25, 0.3) is 5.57 Å². The maximum absolute atomic E-state index is 12.3. The summed E-state index contributed by atoms with van der Waals surface area (Å²) in [6.45, 7) is 5.18. The van der Waals surface area contributed by atoms with Crippen molar-refractivity contribution in [2.45, 2.75) is 39.2 Å². The largest absolute Gasteiger partial charge is 0.497 e.